The number of carbonyl (C=O) groups is 1. The molecule has 102 valence electrons. The predicted molar refractivity (Wildman–Crippen MR) is 75.1 cm³/mol. The van der Waals surface area contributed by atoms with Crippen molar-refractivity contribution in [3.05, 3.63) is 70.4 Å². The van der Waals surface area contributed by atoms with Crippen molar-refractivity contribution in [2.45, 2.75) is 6.61 Å². The highest BCUT2D eigenvalue weighted by atomic mass is 16.5. The van der Waals surface area contributed by atoms with Gasteiger partial charge in [0.2, 0.25) is 0 Å². The van der Waals surface area contributed by atoms with Gasteiger partial charge in [-0.15, -0.1) is 0 Å². The number of ether oxygens (including phenoxy) is 1. The smallest absolute Gasteiger partial charge is 0.339 e. The molecule has 0 spiro atoms. The van der Waals surface area contributed by atoms with Gasteiger partial charge in [0.05, 0.1) is 0 Å². The fourth-order valence-corrected chi connectivity index (χ4v) is 1.72. The molecular weight excluding hydrogens is 258 g/mol. The van der Waals surface area contributed by atoms with E-state index in [1.165, 1.54) is 12.1 Å². The summed E-state index contributed by atoms with van der Waals surface area (Å²) in [6, 6.07) is 13.9. The summed E-state index contributed by atoms with van der Waals surface area (Å²) in [7, 11) is 0. The van der Waals surface area contributed by atoms with Crippen LogP contribution in [0.25, 0.3) is 0 Å². The van der Waals surface area contributed by atoms with Gasteiger partial charge in [-0.1, -0.05) is 30.3 Å². The molecule has 20 heavy (non-hydrogen) atoms. The van der Waals surface area contributed by atoms with E-state index < -0.39 is 5.97 Å². The molecule has 0 saturated heterocycles. The van der Waals surface area contributed by atoms with Gasteiger partial charge in [-0.05, 0) is 29.3 Å². The fraction of sp³-hybridized carbons (Fsp3) is 0.0667. The molecule has 0 saturated carbocycles. The first-order valence-electron chi connectivity index (χ1n) is 5.90. The van der Waals surface area contributed by atoms with E-state index >= 15 is 0 Å². The Balaban J connectivity index is 2.20. The van der Waals surface area contributed by atoms with Crippen LogP contribution in [-0.4, -0.2) is 17.3 Å². The maximum Gasteiger partial charge on any atom is 0.339 e. The molecule has 5 heteroatoms. The minimum atomic E-state index is -1.12. The third kappa shape index (κ3) is 3.35. The maximum atomic E-state index is 11.2. The van der Waals surface area contributed by atoms with Crippen molar-refractivity contribution in [3.8, 4) is 5.75 Å². The number of nitrogens with zero attached hydrogens (tertiary/aromatic N) is 1. The molecular formula is C15H12NO4-. The normalized spacial score (nSPS) is 10.6. The molecule has 0 aliphatic rings. The van der Waals surface area contributed by atoms with Crippen LogP contribution in [0.15, 0.2) is 53.7 Å². The van der Waals surface area contributed by atoms with Crippen LogP contribution < -0.4 is 4.74 Å². The van der Waals surface area contributed by atoms with Crippen LogP contribution in [0.1, 0.15) is 21.5 Å². The highest BCUT2D eigenvalue weighted by molar-refractivity contribution is 5.93. The molecule has 0 aromatic heterocycles. The van der Waals surface area contributed by atoms with Crippen LogP contribution in [0.5, 0.6) is 5.75 Å². The molecule has 0 radical (unpaired) electrons. The second kappa shape index (κ2) is 6.38. The van der Waals surface area contributed by atoms with Crippen LogP contribution in [0.4, 0.5) is 0 Å². The van der Waals surface area contributed by atoms with Gasteiger partial charge in [0.25, 0.3) is 0 Å². The minimum Gasteiger partial charge on any atom is -0.792 e. The largest absolute Gasteiger partial charge is 0.792 e. The van der Waals surface area contributed by atoms with Crippen molar-refractivity contribution in [1.29, 1.82) is 0 Å². The van der Waals surface area contributed by atoms with Gasteiger partial charge in [-0.25, -0.2) is 4.79 Å². The molecule has 0 aliphatic carbocycles. The molecule has 0 bridgehead atoms. The zero-order valence-electron chi connectivity index (χ0n) is 10.5. The van der Waals surface area contributed by atoms with Gasteiger partial charge in [0.1, 0.15) is 17.9 Å². The van der Waals surface area contributed by atoms with Crippen LogP contribution in [0, 0.1) is 5.21 Å². The molecule has 0 atom stereocenters. The summed E-state index contributed by atoms with van der Waals surface area (Å²) >= 11 is 0. The van der Waals surface area contributed by atoms with Gasteiger partial charge < -0.3 is 20.2 Å². The Morgan fingerprint density at radius 2 is 2.00 bits per heavy atom. The van der Waals surface area contributed by atoms with Crippen LogP contribution in [0.2, 0.25) is 0 Å². The summed E-state index contributed by atoms with van der Waals surface area (Å²) in [4.78, 5) is 11.2. The van der Waals surface area contributed by atoms with E-state index in [4.69, 9.17) is 9.84 Å². The Morgan fingerprint density at radius 3 is 2.65 bits per heavy atom. The molecule has 2 aromatic rings. The number of benzene rings is 2. The number of hydrogen-bond acceptors (Lipinski definition) is 4. The van der Waals surface area contributed by atoms with Crippen molar-refractivity contribution in [2.75, 3.05) is 0 Å². The van der Waals surface area contributed by atoms with E-state index in [1.807, 2.05) is 30.3 Å². The molecule has 2 aromatic carbocycles. The highest BCUT2D eigenvalue weighted by Gasteiger charge is 2.12. The van der Waals surface area contributed by atoms with E-state index in [2.05, 4.69) is 5.16 Å². The lowest BCUT2D eigenvalue weighted by molar-refractivity contribution is 0.0691. The van der Waals surface area contributed by atoms with E-state index in [0.717, 1.165) is 11.8 Å². The molecule has 0 heterocycles. The second-order valence-corrected chi connectivity index (χ2v) is 4.07. The summed E-state index contributed by atoms with van der Waals surface area (Å²) < 4.78 is 5.51. The molecule has 0 fully saturated rings. The minimum absolute atomic E-state index is 0.00155. The quantitative estimate of drug-likeness (QED) is 0.669. The zero-order chi connectivity index (χ0) is 14.4. The predicted octanol–water partition coefficient (Wildman–Crippen LogP) is 2.88. The van der Waals surface area contributed by atoms with E-state index in [9.17, 15) is 10.0 Å². The lowest BCUT2D eigenvalue weighted by Gasteiger charge is -2.10. The van der Waals surface area contributed by atoms with Crippen LogP contribution >= 0.6 is 0 Å². The van der Waals surface area contributed by atoms with Gasteiger partial charge in [0.15, 0.2) is 0 Å². The average molecular weight is 270 g/mol. The Labute approximate surface area is 115 Å². The molecule has 1 N–H and O–H groups in total. The van der Waals surface area contributed by atoms with Crippen LogP contribution in [0.3, 0.4) is 0 Å². The number of carboxylic acid groups (broad SMARTS) is 1. The Kier molecular flexibility index (Phi) is 4.34. The summed E-state index contributed by atoms with van der Waals surface area (Å²) in [5.74, 6) is -0.862. The summed E-state index contributed by atoms with van der Waals surface area (Å²) in [5.41, 5.74) is 1.36. The van der Waals surface area contributed by atoms with Crippen molar-refractivity contribution in [2.24, 2.45) is 5.16 Å². The number of aromatic carboxylic acids is 1. The third-order valence-corrected chi connectivity index (χ3v) is 2.67. The average Bonchev–Trinajstić information content (AvgIpc) is 2.47. The zero-order valence-corrected chi connectivity index (χ0v) is 10.5. The third-order valence-electron chi connectivity index (χ3n) is 2.67. The SMILES string of the molecule is O=C(O)c1cc(/C=N/[O-])ccc1OCc1ccccc1. The maximum absolute atomic E-state index is 11.2. The first kappa shape index (κ1) is 13.6. The van der Waals surface area contributed by atoms with Crippen molar-refractivity contribution >= 4 is 12.2 Å². The van der Waals surface area contributed by atoms with Gasteiger partial charge in [-0.2, -0.15) is 0 Å². The van der Waals surface area contributed by atoms with E-state index in [-0.39, 0.29) is 17.9 Å². The molecule has 0 aliphatic heterocycles. The lowest BCUT2D eigenvalue weighted by atomic mass is 10.1. The highest BCUT2D eigenvalue weighted by Crippen LogP contribution is 2.21. The lowest BCUT2D eigenvalue weighted by Crippen LogP contribution is -2.04. The van der Waals surface area contributed by atoms with Crippen molar-refractivity contribution < 1.29 is 14.6 Å². The summed E-state index contributed by atoms with van der Waals surface area (Å²) in [5, 5.41) is 21.9. The number of rotatable bonds is 5. The monoisotopic (exact) mass is 270 g/mol. The van der Waals surface area contributed by atoms with Crippen molar-refractivity contribution in [3.63, 3.8) is 0 Å². The number of carboxylic acids is 1. The van der Waals surface area contributed by atoms with Crippen molar-refractivity contribution in [1.82, 2.24) is 0 Å². The standard InChI is InChI=1S/C15H13NO4/c17-15(18)13-8-12(9-16-19)6-7-14(13)20-10-11-4-2-1-3-5-11/h1-9,19H,10H2,(H,17,18)/p-1/b16-9+. The Hall–Kier alpha value is -2.82. The van der Waals surface area contributed by atoms with E-state index in [0.29, 0.717) is 5.56 Å². The Bertz CT molecular complexity index is 623. The van der Waals surface area contributed by atoms with Gasteiger partial charge in [0, 0.05) is 6.21 Å². The first-order chi connectivity index (χ1) is 9.70. The molecule has 2 rings (SSSR count). The molecule has 0 amide bonds. The van der Waals surface area contributed by atoms with Crippen LogP contribution in [-0.2, 0) is 6.61 Å². The topological polar surface area (TPSA) is 82.0 Å². The van der Waals surface area contributed by atoms with Gasteiger partial charge in [-0.3, -0.25) is 0 Å². The second-order valence-electron chi connectivity index (χ2n) is 4.07. The summed E-state index contributed by atoms with van der Waals surface area (Å²) in [6.45, 7) is 0.274. The number of hydrogen-bond donors (Lipinski definition) is 1. The molecule has 5 nitrogen and oxygen atoms in total. The Morgan fingerprint density at radius 1 is 1.25 bits per heavy atom. The molecule has 0 unspecified atom stereocenters. The van der Waals surface area contributed by atoms with Gasteiger partial charge >= 0.3 is 5.97 Å². The summed E-state index contributed by atoms with van der Waals surface area (Å²) in [6.07, 6.45) is 1.05. The van der Waals surface area contributed by atoms with E-state index in [1.54, 1.807) is 6.07 Å². The first-order valence-corrected chi connectivity index (χ1v) is 5.90. The fourth-order valence-electron chi connectivity index (χ4n) is 1.72.